The van der Waals surface area contributed by atoms with Crippen molar-refractivity contribution in [3.05, 3.63) is 33.9 Å². The molecule has 1 fully saturated rings. The Morgan fingerprint density at radius 1 is 1.35 bits per heavy atom. The average molecular weight is 363 g/mol. The zero-order chi connectivity index (χ0) is 19.4. The number of nitro groups is 1. The predicted molar refractivity (Wildman–Crippen MR) is 97.5 cm³/mol. The Morgan fingerprint density at radius 3 is 2.46 bits per heavy atom. The normalized spacial score (nSPS) is 15.2. The Morgan fingerprint density at radius 2 is 1.96 bits per heavy atom. The van der Waals surface area contributed by atoms with Crippen LogP contribution in [-0.4, -0.2) is 52.5 Å². The van der Waals surface area contributed by atoms with Crippen LogP contribution in [-0.2, 0) is 4.79 Å². The molecule has 1 heterocycles. The zero-order valence-electron chi connectivity index (χ0n) is 15.3. The van der Waals surface area contributed by atoms with E-state index >= 15 is 0 Å². The number of amides is 1. The molecule has 1 aliphatic heterocycles. The van der Waals surface area contributed by atoms with E-state index in [0.29, 0.717) is 11.6 Å². The molecule has 26 heavy (non-hydrogen) atoms. The highest BCUT2D eigenvalue weighted by molar-refractivity contribution is 5.97. The van der Waals surface area contributed by atoms with E-state index in [9.17, 15) is 19.7 Å². The van der Waals surface area contributed by atoms with Crippen LogP contribution in [0.5, 0.6) is 0 Å². The fourth-order valence-corrected chi connectivity index (χ4v) is 3.12. The minimum absolute atomic E-state index is 0.121. The van der Waals surface area contributed by atoms with E-state index in [0.717, 1.165) is 25.9 Å². The number of benzene rings is 1. The first-order chi connectivity index (χ1) is 12.2. The quantitative estimate of drug-likeness (QED) is 0.615. The maximum Gasteiger partial charge on any atom is 0.323 e. The average Bonchev–Trinajstić information content (AvgIpc) is 2.59. The van der Waals surface area contributed by atoms with Crippen LogP contribution in [0.2, 0.25) is 0 Å². The molecule has 0 aliphatic carbocycles. The maximum absolute atomic E-state index is 12.7. The summed E-state index contributed by atoms with van der Waals surface area (Å²) in [5.41, 5.74) is 0.512. The molecule has 0 radical (unpaired) electrons. The fraction of sp³-hybridized carbons (Fsp3) is 0.556. The molecule has 1 amide bonds. The fourth-order valence-electron chi connectivity index (χ4n) is 3.12. The van der Waals surface area contributed by atoms with Crippen LogP contribution in [0.25, 0.3) is 0 Å². The Labute approximate surface area is 152 Å². The lowest BCUT2D eigenvalue weighted by Crippen LogP contribution is -2.40. The van der Waals surface area contributed by atoms with Crippen LogP contribution in [0, 0.1) is 16.0 Å². The van der Waals surface area contributed by atoms with Crippen molar-refractivity contribution in [1.82, 2.24) is 4.90 Å². The number of hydrogen-bond donors (Lipinski definition) is 1. The summed E-state index contributed by atoms with van der Waals surface area (Å²) in [6.45, 7) is 6.61. The highest BCUT2D eigenvalue weighted by Crippen LogP contribution is 2.32. The number of aliphatic carboxylic acids is 1. The number of nitrogens with zero attached hydrogens (tertiary/aromatic N) is 3. The van der Waals surface area contributed by atoms with E-state index in [4.69, 9.17) is 5.11 Å². The molecule has 142 valence electrons. The summed E-state index contributed by atoms with van der Waals surface area (Å²) in [4.78, 5) is 37.9. The van der Waals surface area contributed by atoms with Crippen molar-refractivity contribution >= 4 is 23.3 Å². The molecular weight excluding hydrogens is 338 g/mol. The summed E-state index contributed by atoms with van der Waals surface area (Å²) in [7, 11) is 0. The van der Waals surface area contributed by atoms with Crippen molar-refractivity contribution in [3.63, 3.8) is 0 Å². The first-order valence-corrected chi connectivity index (χ1v) is 8.76. The van der Waals surface area contributed by atoms with E-state index in [1.165, 1.54) is 11.0 Å². The Hall–Kier alpha value is -2.64. The number of hydrogen-bond acceptors (Lipinski definition) is 5. The Kier molecular flexibility index (Phi) is 6.18. The number of rotatable bonds is 6. The second-order valence-corrected chi connectivity index (χ2v) is 7.05. The van der Waals surface area contributed by atoms with Gasteiger partial charge in [-0.2, -0.15) is 0 Å². The molecule has 0 atom stereocenters. The van der Waals surface area contributed by atoms with Gasteiger partial charge in [-0.15, -0.1) is 0 Å². The largest absolute Gasteiger partial charge is 0.480 e. The van der Waals surface area contributed by atoms with Crippen molar-refractivity contribution in [1.29, 1.82) is 0 Å². The minimum Gasteiger partial charge on any atom is -0.480 e. The Balaban J connectivity index is 2.33. The first kappa shape index (κ1) is 19.7. The van der Waals surface area contributed by atoms with Crippen LogP contribution in [0.15, 0.2) is 18.2 Å². The summed E-state index contributed by atoms with van der Waals surface area (Å²) in [5, 5.41) is 20.5. The molecule has 1 aliphatic rings. The number of nitro benzene ring substituents is 1. The third-order valence-electron chi connectivity index (χ3n) is 4.73. The second-order valence-electron chi connectivity index (χ2n) is 7.05. The molecule has 1 N–H and O–H groups in total. The standard InChI is InChI=1S/C18H25N3O5/c1-12(2)20(11-17(22)23)18(24)14-4-5-15(16(10-14)21(25)26)19-8-6-13(3)7-9-19/h4-5,10,12-13H,6-9,11H2,1-3H3,(H,22,23). The van der Waals surface area contributed by atoms with Gasteiger partial charge in [0.2, 0.25) is 0 Å². The second kappa shape index (κ2) is 8.16. The van der Waals surface area contributed by atoms with Crippen LogP contribution in [0.1, 0.15) is 44.0 Å². The van der Waals surface area contributed by atoms with Gasteiger partial charge in [-0.3, -0.25) is 19.7 Å². The van der Waals surface area contributed by atoms with Crippen molar-refractivity contribution in [2.45, 2.75) is 39.7 Å². The summed E-state index contributed by atoms with van der Waals surface area (Å²) in [6.07, 6.45) is 1.94. The third kappa shape index (κ3) is 4.50. The van der Waals surface area contributed by atoms with Crippen molar-refractivity contribution in [2.24, 2.45) is 5.92 Å². The van der Waals surface area contributed by atoms with Gasteiger partial charge in [-0.05, 0) is 44.7 Å². The van der Waals surface area contributed by atoms with Crippen LogP contribution in [0.3, 0.4) is 0 Å². The molecule has 0 saturated carbocycles. The smallest absolute Gasteiger partial charge is 0.323 e. The Bertz CT molecular complexity index is 696. The van der Waals surface area contributed by atoms with Gasteiger partial charge in [0, 0.05) is 30.8 Å². The van der Waals surface area contributed by atoms with E-state index in [2.05, 4.69) is 6.92 Å². The van der Waals surface area contributed by atoms with Crippen molar-refractivity contribution < 1.29 is 19.6 Å². The molecule has 0 aromatic heterocycles. The highest BCUT2D eigenvalue weighted by atomic mass is 16.6. The van der Waals surface area contributed by atoms with E-state index < -0.39 is 23.3 Å². The van der Waals surface area contributed by atoms with E-state index in [1.54, 1.807) is 26.0 Å². The van der Waals surface area contributed by atoms with Crippen molar-refractivity contribution in [2.75, 3.05) is 24.5 Å². The lowest BCUT2D eigenvalue weighted by atomic mass is 9.98. The molecule has 2 rings (SSSR count). The number of piperidine rings is 1. The van der Waals surface area contributed by atoms with E-state index in [1.807, 2.05) is 4.90 Å². The summed E-state index contributed by atoms with van der Waals surface area (Å²) in [5.74, 6) is -1.05. The molecule has 1 saturated heterocycles. The number of carbonyl (C=O) groups excluding carboxylic acids is 1. The zero-order valence-corrected chi connectivity index (χ0v) is 15.3. The molecule has 0 spiro atoms. The molecule has 1 aromatic rings. The molecule has 8 nitrogen and oxygen atoms in total. The first-order valence-electron chi connectivity index (χ1n) is 8.76. The lowest BCUT2D eigenvalue weighted by Gasteiger charge is -2.32. The maximum atomic E-state index is 12.7. The van der Waals surface area contributed by atoms with Gasteiger partial charge < -0.3 is 14.9 Å². The topological polar surface area (TPSA) is 104 Å². The molecular formula is C18H25N3O5. The number of carboxylic acids is 1. The highest BCUT2D eigenvalue weighted by Gasteiger charge is 2.27. The molecule has 0 bridgehead atoms. The van der Waals surface area contributed by atoms with Gasteiger partial charge in [0.1, 0.15) is 12.2 Å². The number of carbonyl (C=O) groups is 2. The van der Waals surface area contributed by atoms with Gasteiger partial charge in [0.25, 0.3) is 11.6 Å². The van der Waals surface area contributed by atoms with Gasteiger partial charge >= 0.3 is 5.97 Å². The molecule has 1 aromatic carbocycles. The SMILES string of the molecule is CC1CCN(c2ccc(C(=O)N(CC(=O)O)C(C)C)cc2[N+](=O)[O-])CC1. The molecule has 0 unspecified atom stereocenters. The van der Waals surface area contributed by atoms with Crippen LogP contribution >= 0.6 is 0 Å². The van der Waals surface area contributed by atoms with Gasteiger partial charge in [-0.1, -0.05) is 6.92 Å². The lowest BCUT2D eigenvalue weighted by molar-refractivity contribution is -0.384. The molecule has 8 heteroatoms. The number of carboxylic acid groups (broad SMARTS) is 1. The van der Waals surface area contributed by atoms with Gasteiger partial charge in [-0.25, -0.2) is 0 Å². The predicted octanol–water partition coefficient (Wildman–Crippen LogP) is 2.77. The summed E-state index contributed by atoms with van der Waals surface area (Å²) < 4.78 is 0. The summed E-state index contributed by atoms with van der Waals surface area (Å²) >= 11 is 0. The summed E-state index contributed by atoms with van der Waals surface area (Å²) in [6, 6.07) is 4.06. The van der Waals surface area contributed by atoms with Crippen LogP contribution in [0.4, 0.5) is 11.4 Å². The monoisotopic (exact) mass is 363 g/mol. The van der Waals surface area contributed by atoms with Crippen LogP contribution < -0.4 is 4.90 Å². The van der Waals surface area contributed by atoms with Gasteiger partial charge in [0.05, 0.1) is 4.92 Å². The van der Waals surface area contributed by atoms with Crippen molar-refractivity contribution in [3.8, 4) is 0 Å². The third-order valence-corrected chi connectivity index (χ3v) is 4.73. The van der Waals surface area contributed by atoms with Gasteiger partial charge in [0.15, 0.2) is 0 Å². The number of anilines is 1. The minimum atomic E-state index is -1.12. The van der Waals surface area contributed by atoms with E-state index in [-0.39, 0.29) is 17.3 Å².